The normalized spacial score (nSPS) is 16.4. The number of Topliss-reactive ketones (excluding diaryl/α,β-unsaturated/α-hetero) is 1. The van der Waals surface area contributed by atoms with E-state index in [0.29, 0.717) is 13.2 Å². The minimum atomic E-state index is 0.233. The third-order valence-electron chi connectivity index (χ3n) is 5.97. The van der Waals surface area contributed by atoms with E-state index >= 15 is 0 Å². The minimum absolute atomic E-state index is 0.233. The molecule has 2 aromatic rings. The van der Waals surface area contributed by atoms with E-state index in [2.05, 4.69) is 61.4 Å². The van der Waals surface area contributed by atoms with Gasteiger partial charge in [-0.05, 0) is 45.4 Å². The summed E-state index contributed by atoms with van der Waals surface area (Å²) in [6.07, 6.45) is 0. The molecule has 1 N–H and O–H groups in total. The number of hydrogen-bond donors (Lipinski definition) is 1. The van der Waals surface area contributed by atoms with Gasteiger partial charge in [0, 0.05) is 29.7 Å². The Kier molecular flexibility index (Phi) is 6.57. The SMILES string of the molecule is COC[C@H](C)n1c(C)cc(C(=O)C[NH+]2CCN(c3ccccc3C)CC2)c1C. The number of quaternary nitrogens is 1. The summed E-state index contributed by atoms with van der Waals surface area (Å²) in [5.74, 6) is 0.253. The Morgan fingerprint density at radius 1 is 1.18 bits per heavy atom. The number of carbonyl (C=O) groups excluding carboxylic acids is 1. The first-order valence-corrected chi connectivity index (χ1v) is 10.3. The highest BCUT2D eigenvalue weighted by Crippen LogP contribution is 2.21. The van der Waals surface area contributed by atoms with Gasteiger partial charge in [0.1, 0.15) is 6.54 Å². The molecule has 152 valence electrons. The molecule has 1 aromatic carbocycles. The van der Waals surface area contributed by atoms with Gasteiger partial charge in [-0.25, -0.2) is 0 Å². The number of aromatic nitrogens is 1. The smallest absolute Gasteiger partial charge is 0.218 e. The van der Waals surface area contributed by atoms with E-state index in [4.69, 9.17) is 4.74 Å². The molecule has 1 atom stereocenters. The highest BCUT2D eigenvalue weighted by atomic mass is 16.5. The van der Waals surface area contributed by atoms with Gasteiger partial charge in [0.2, 0.25) is 5.78 Å². The molecule has 28 heavy (non-hydrogen) atoms. The number of methoxy groups -OCH3 is 1. The number of hydrogen-bond acceptors (Lipinski definition) is 3. The fourth-order valence-corrected chi connectivity index (χ4v) is 4.53. The summed E-state index contributed by atoms with van der Waals surface area (Å²) in [7, 11) is 1.72. The lowest BCUT2D eigenvalue weighted by molar-refractivity contribution is -0.892. The van der Waals surface area contributed by atoms with Gasteiger partial charge in [-0.3, -0.25) is 4.79 Å². The molecule has 1 aliphatic rings. The zero-order valence-corrected chi connectivity index (χ0v) is 17.9. The van der Waals surface area contributed by atoms with Crippen LogP contribution in [0.2, 0.25) is 0 Å². The number of ketones is 1. The van der Waals surface area contributed by atoms with Crippen LogP contribution in [0.3, 0.4) is 0 Å². The Balaban J connectivity index is 1.62. The van der Waals surface area contributed by atoms with Crippen molar-refractivity contribution < 1.29 is 14.4 Å². The van der Waals surface area contributed by atoms with Crippen molar-refractivity contribution >= 4 is 11.5 Å². The summed E-state index contributed by atoms with van der Waals surface area (Å²) >= 11 is 0. The molecular weight excluding hydrogens is 350 g/mol. The van der Waals surface area contributed by atoms with E-state index in [9.17, 15) is 4.79 Å². The fourth-order valence-electron chi connectivity index (χ4n) is 4.53. The predicted octanol–water partition coefficient (Wildman–Crippen LogP) is 2.21. The average Bonchev–Trinajstić information content (AvgIpc) is 2.97. The molecule has 5 heteroatoms. The van der Waals surface area contributed by atoms with Crippen LogP contribution in [0.5, 0.6) is 0 Å². The highest BCUT2D eigenvalue weighted by Gasteiger charge is 2.26. The quantitative estimate of drug-likeness (QED) is 0.744. The van der Waals surface area contributed by atoms with E-state index < -0.39 is 0 Å². The van der Waals surface area contributed by atoms with Crippen molar-refractivity contribution in [2.45, 2.75) is 33.7 Å². The number of ether oxygens (including phenoxy) is 1. The molecule has 0 saturated carbocycles. The van der Waals surface area contributed by atoms with Crippen molar-refractivity contribution in [2.24, 2.45) is 0 Å². The Hall–Kier alpha value is -2.11. The van der Waals surface area contributed by atoms with Gasteiger partial charge in [0.25, 0.3) is 0 Å². The predicted molar refractivity (Wildman–Crippen MR) is 114 cm³/mol. The fraction of sp³-hybridized carbons (Fsp3) is 0.522. The van der Waals surface area contributed by atoms with Crippen LogP contribution in [0, 0.1) is 20.8 Å². The Morgan fingerprint density at radius 3 is 2.50 bits per heavy atom. The van der Waals surface area contributed by atoms with Crippen molar-refractivity contribution in [3.8, 4) is 0 Å². The molecule has 0 amide bonds. The monoisotopic (exact) mass is 384 g/mol. The molecule has 0 bridgehead atoms. The number of benzene rings is 1. The van der Waals surface area contributed by atoms with Crippen LogP contribution in [-0.2, 0) is 4.74 Å². The lowest BCUT2D eigenvalue weighted by Gasteiger charge is -2.34. The van der Waals surface area contributed by atoms with Crippen molar-refractivity contribution in [2.75, 3.05) is 51.3 Å². The average molecular weight is 385 g/mol. The van der Waals surface area contributed by atoms with Crippen molar-refractivity contribution in [1.82, 2.24) is 4.57 Å². The van der Waals surface area contributed by atoms with Crippen LogP contribution in [0.4, 0.5) is 5.69 Å². The van der Waals surface area contributed by atoms with E-state index in [1.165, 1.54) is 16.2 Å². The van der Waals surface area contributed by atoms with Crippen LogP contribution >= 0.6 is 0 Å². The van der Waals surface area contributed by atoms with E-state index in [-0.39, 0.29) is 11.8 Å². The van der Waals surface area contributed by atoms with Crippen LogP contribution in [-0.4, -0.2) is 56.8 Å². The zero-order chi connectivity index (χ0) is 20.3. The molecule has 1 fully saturated rings. The molecule has 3 rings (SSSR count). The van der Waals surface area contributed by atoms with Gasteiger partial charge >= 0.3 is 0 Å². The second-order valence-electron chi connectivity index (χ2n) is 8.08. The lowest BCUT2D eigenvalue weighted by atomic mass is 10.1. The van der Waals surface area contributed by atoms with Gasteiger partial charge in [0.05, 0.1) is 38.8 Å². The largest absolute Gasteiger partial charge is 0.383 e. The van der Waals surface area contributed by atoms with Gasteiger partial charge in [-0.15, -0.1) is 0 Å². The molecule has 2 heterocycles. The maximum Gasteiger partial charge on any atom is 0.218 e. The number of carbonyl (C=O) groups is 1. The van der Waals surface area contributed by atoms with Gasteiger partial charge in [0.15, 0.2) is 0 Å². The molecule has 1 saturated heterocycles. The maximum absolute atomic E-state index is 13.0. The molecule has 0 aliphatic carbocycles. The Morgan fingerprint density at radius 2 is 1.86 bits per heavy atom. The summed E-state index contributed by atoms with van der Waals surface area (Å²) in [5, 5.41) is 0. The van der Waals surface area contributed by atoms with Crippen LogP contribution in [0.15, 0.2) is 30.3 Å². The summed E-state index contributed by atoms with van der Waals surface area (Å²) in [6, 6.07) is 10.8. The first-order valence-electron chi connectivity index (χ1n) is 10.3. The number of rotatable bonds is 7. The summed E-state index contributed by atoms with van der Waals surface area (Å²) in [5.41, 5.74) is 5.70. The number of aryl methyl sites for hydroxylation is 2. The van der Waals surface area contributed by atoms with E-state index in [0.717, 1.165) is 43.1 Å². The summed E-state index contributed by atoms with van der Waals surface area (Å²) in [4.78, 5) is 16.8. The highest BCUT2D eigenvalue weighted by molar-refractivity contribution is 5.98. The zero-order valence-electron chi connectivity index (χ0n) is 17.9. The molecular formula is C23H34N3O2+. The molecule has 1 aliphatic heterocycles. The number of nitrogens with zero attached hydrogens (tertiary/aromatic N) is 2. The van der Waals surface area contributed by atoms with Crippen molar-refractivity contribution in [1.29, 1.82) is 0 Å². The van der Waals surface area contributed by atoms with Crippen LogP contribution in [0.25, 0.3) is 0 Å². The number of anilines is 1. The van der Waals surface area contributed by atoms with E-state index in [1.54, 1.807) is 7.11 Å². The maximum atomic E-state index is 13.0. The molecule has 0 spiro atoms. The first-order chi connectivity index (χ1) is 13.4. The van der Waals surface area contributed by atoms with Gasteiger partial charge < -0.3 is 19.1 Å². The topological polar surface area (TPSA) is 38.9 Å². The number of nitrogens with one attached hydrogen (secondary N) is 1. The number of piperazine rings is 1. The van der Waals surface area contributed by atoms with Crippen LogP contribution in [0.1, 0.15) is 40.3 Å². The van der Waals surface area contributed by atoms with Gasteiger partial charge in [-0.2, -0.15) is 0 Å². The first kappa shape index (κ1) is 20.6. The lowest BCUT2D eigenvalue weighted by Crippen LogP contribution is -3.15. The van der Waals surface area contributed by atoms with Crippen molar-refractivity contribution in [3.63, 3.8) is 0 Å². The van der Waals surface area contributed by atoms with Gasteiger partial charge in [-0.1, -0.05) is 18.2 Å². The third kappa shape index (κ3) is 4.31. The summed E-state index contributed by atoms with van der Waals surface area (Å²) in [6.45, 7) is 13.6. The summed E-state index contributed by atoms with van der Waals surface area (Å²) < 4.78 is 7.52. The molecule has 0 radical (unpaired) electrons. The molecule has 1 aromatic heterocycles. The van der Waals surface area contributed by atoms with Crippen LogP contribution < -0.4 is 9.80 Å². The van der Waals surface area contributed by atoms with Crippen molar-refractivity contribution in [3.05, 3.63) is 52.8 Å². The Bertz CT molecular complexity index is 819. The minimum Gasteiger partial charge on any atom is -0.383 e. The second-order valence-corrected chi connectivity index (χ2v) is 8.08. The second kappa shape index (κ2) is 8.93. The molecule has 5 nitrogen and oxygen atoms in total. The number of para-hydroxylation sites is 1. The molecule has 0 unspecified atom stereocenters. The van der Waals surface area contributed by atoms with E-state index in [1.807, 2.05) is 6.07 Å². The Labute approximate surface area is 168 Å². The third-order valence-corrected chi connectivity index (χ3v) is 5.97. The standard InChI is InChI=1S/C23H33N3O2/c1-17-8-6-7-9-22(17)25-12-10-24(11-13-25)15-23(27)21-14-18(2)26(20(21)4)19(3)16-28-5/h6-9,14,19H,10-13,15-16H2,1-5H3/p+1/t19-/m0/s1.